The summed E-state index contributed by atoms with van der Waals surface area (Å²) in [6.45, 7) is 2.08. The van der Waals surface area contributed by atoms with E-state index in [4.69, 9.17) is 0 Å². The van der Waals surface area contributed by atoms with Crippen molar-refractivity contribution in [2.24, 2.45) is 0 Å². The smallest absolute Gasteiger partial charge is 0.249 e. The highest BCUT2D eigenvalue weighted by molar-refractivity contribution is 7.15. The van der Waals surface area contributed by atoms with Crippen LogP contribution in [0.15, 0.2) is 72.1 Å². The molecule has 0 fully saturated rings. The Balaban J connectivity index is 1.40. The van der Waals surface area contributed by atoms with Gasteiger partial charge in [0.05, 0.1) is 11.4 Å². The summed E-state index contributed by atoms with van der Waals surface area (Å²) in [7, 11) is 0. The Kier molecular flexibility index (Phi) is 4.06. The second kappa shape index (κ2) is 6.86. The van der Waals surface area contributed by atoms with Crippen molar-refractivity contribution in [2.75, 3.05) is 5.32 Å². The van der Waals surface area contributed by atoms with Crippen molar-refractivity contribution >= 4 is 28.1 Å². The number of nitrogens with one attached hydrogen (secondary N) is 1. The fourth-order valence-corrected chi connectivity index (χ4v) is 3.76. The summed E-state index contributed by atoms with van der Waals surface area (Å²) in [6.07, 6.45) is 0. The molecule has 0 unspecified atom stereocenters. The zero-order valence-corrected chi connectivity index (χ0v) is 15.9. The van der Waals surface area contributed by atoms with Gasteiger partial charge in [0.2, 0.25) is 10.9 Å². The predicted molar refractivity (Wildman–Crippen MR) is 112 cm³/mol. The third-order valence-electron chi connectivity index (χ3n) is 4.40. The lowest BCUT2D eigenvalue weighted by molar-refractivity contribution is 0.980. The van der Waals surface area contributed by atoms with E-state index in [1.54, 1.807) is 11.3 Å². The lowest BCUT2D eigenvalue weighted by Gasteiger charge is -2.02. The largest absolute Gasteiger partial charge is 0.306 e. The highest BCUT2D eigenvalue weighted by atomic mass is 32.1. The first-order valence-electron chi connectivity index (χ1n) is 8.84. The molecule has 0 aliphatic carbocycles. The molecule has 28 heavy (non-hydrogen) atoms. The topological polar surface area (TPSA) is 68.0 Å². The van der Waals surface area contributed by atoms with Crippen molar-refractivity contribution in [2.45, 2.75) is 6.92 Å². The maximum atomic E-state index is 4.58. The van der Waals surface area contributed by atoms with E-state index in [2.05, 4.69) is 62.2 Å². The molecule has 0 saturated heterocycles. The molecule has 136 valence electrons. The molecule has 5 rings (SSSR count). The van der Waals surface area contributed by atoms with Crippen LogP contribution >= 0.6 is 11.3 Å². The van der Waals surface area contributed by atoms with Crippen LogP contribution in [0.1, 0.15) is 5.56 Å². The highest BCUT2D eigenvalue weighted by Gasteiger charge is 2.12. The number of aromatic nitrogens is 5. The van der Waals surface area contributed by atoms with Crippen molar-refractivity contribution in [3.8, 4) is 22.5 Å². The SMILES string of the molecule is Cc1ccc(-c2csc3nc(Nc4ccc(-c5ccccc5)nn4)nn23)cc1. The van der Waals surface area contributed by atoms with E-state index >= 15 is 0 Å². The van der Waals surface area contributed by atoms with Crippen LogP contribution in [0.25, 0.3) is 27.5 Å². The molecule has 3 heterocycles. The minimum atomic E-state index is 0.502. The van der Waals surface area contributed by atoms with Crippen LogP contribution in [0.2, 0.25) is 0 Å². The van der Waals surface area contributed by atoms with E-state index in [1.807, 2.05) is 47.0 Å². The van der Waals surface area contributed by atoms with Gasteiger partial charge in [-0.3, -0.25) is 0 Å². The number of fused-ring (bicyclic) bond motifs is 1. The Morgan fingerprint density at radius 2 is 1.68 bits per heavy atom. The summed E-state index contributed by atoms with van der Waals surface area (Å²) >= 11 is 1.56. The van der Waals surface area contributed by atoms with Gasteiger partial charge in [-0.1, -0.05) is 60.2 Å². The molecule has 0 aliphatic rings. The normalized spacial score (nSPS) is 11.0. The van der Waals surface area contributed by atoms with Gasteiger partial charge < -0.3 is 5.32 Å². The van der Waals surface area contributed by atoms with Crippen LogP contribution in [0.3, 0.4) is 0 Å². The summed E-state index contributed by atoms with van der Waals surface area (Å²) in [5.41, 5.74) is 5.22. The molecule has 7 heteroatoms. The maximum Gasteiger partial charge on any atom is 0.249 e. The summed E-state index contributed by atoms with van der Waals surface area (Å²) < 4.78 is 1.85. The van der Waals surface area contributed by atoms with Gasteiger partial charge in [0, 0.05) is 16.5 Å². The number of rotatable bonds is 4. The predicted octanol–water partition coefficient (Wildman–Crippen LogP) is 4.97. The van der Waals surface area contributed by atoms with Gasteiger partial charge in [-0.25, -0.2) is 4.52 Å². The number of aryl methyl sites for hydroxylation is 1. The number of anilines is 2. The van der Waals surface area contributed by atoms with Crippen LogP contribution in [0.5, 0.6) is 0 Å². The van der Waals surface area contributed by atoms with Crippen molar-refractivity contribution in [3.05, 3.63) is 77.7 Å². The van der Waals surface area contributed by atoms with E-state index in [0.717, 1.165) is 27.5 Å². The lowest BCUT2D eigenvalue weighted by Crippen LogP contribution is -1.98. The van der Waals surface area contributed by atoms with Crippen molar-refractivity contribution in [1.29, 1.82) is 0 Å². The molecule has 2 aromatic carbocycles. The Bertz CT molecular complexity index is 1220. The molecule has 1 N–H and O–H groups in total. The van der Waals surface area contributed by atoms with Crippen molar-refractivity contribution < 1.29 is 0 Å². The van der Waals surface area contributed by atoms with E-state index < -0.39 is 0 Å². The lowest BCUT2D eigenvalue weighted by atomic mass is 10.1. The quantitative estimate of drug-likeness (QED) is 0.474. The number of hydrogen-bond acceptors (Lipinski definition) is 6. The fourth-order valence-electron chi connectivity index (χ4n) is 2.93. The molecule has 3 aromatic heterocycles. The summed E-state index contributed by atoms with van der Waals surface area (Å²) in [4.78, 5) is 5.37. The molecule has 0 saturated carbocycles. The van der Waals surface area contributed by atoms with E-state index in [-0.39, 0.29) is 0 Å². The molecule has 5 aromatic rings. The molecule has 0 bridgehead atoms. The van der Waals surface area contributed by atoms with Gasteiger partial charge in [0.15, 0.2) is 5.82 Å². The minimum absolute atomic E-state index is 0.502. The summed E-state index contributed by atoms with van der Waals surface area (Å²) in [5, 5.41) is 18.3. The standard InChI is InChI=1S/C21H16N6S/c1-14-7-9-16(10-8-14)18-13-28-21-23-20(26-27(18)21)22-19-12-11-17(24-25-19)15-5-3-2-4-6-15/h2-13H,1H3,(H,22,25,26). The Hall–Kier alpha value is -3.58. The van der Waals surface area contributed by atoms with Crippen molar-refractivity contribution in [3.63, 3.8) is 0 Å². The van der Waals surface area contributed by atoms with E-state index in [0.29, 0.717) is 11.8 Å². The van der Waals surface area contributed by atoms with Crippen LogP contribution in [0.4, 0.5) is 11.8 Å². The third-order valence-corrected chi connectivity index (χ3v) is 5.22. The monoisotopic (exact) mass is 384 g/mol. The zero-order chi connectivity index (χ0) is 18.9. The number of thiazole rings is 1. The second-order valence-electron chi connectivity index (χ2n) is 6.41. The molecule has 0 atom stereocenters. The average Bonchev–Trinajstić information content (AvgIpc) is 3.30. The Morgan fingerprint density at radius 1 is 0.857 bits per heavy atom. The second-order valence-corrected chi connectivity index (χ2v) is 7.25. The van der Waals surface area contributed by atoms with Gasteiger partial charge >= 0.3 is 0 Å². The Labute approximate surface area is 165 Å². The third kappa shape index (κ3) is 3.12. The Morgan fingerprint density at radius 3 is 2.43 bits per heavy atom. The number of nitrogens with zero attached hydrogens (tertiary/aromatic N) is 5. The first-order chi connectivity index (χ1) is 13.8. The summed E-state index contributed by atoms with van der Waals surface area (Å²) in [5.74, 6) is 1.11. The molecule has 0 amide bonds. The van der Waals surface area contributed by atoms with E-state index in [1.165, 1.54) is 5.56 Å². The van der Waals surface area contributed by atoms with Crippen LogP contribution < -0.4 is 5.32 Å². The first-order valence-corrected chi connectivity index (χ1v) is 9.72. The molecular formula is C21H16N6S. The van der Waals surface area contributed by atoms with Crippen LogP contribution in [-0.2, 0) is 0 Å². The minimum Gasteiger partial charge on any atom is -0.306 e. The van der Waals surface area contributed by atoms with Crippen LogP contribution in [-0.4, -0.2) is 24.8 Å². The zero-order valence-electron chi connectivity index (χ0n) is 15.1. The van der Waals surface area contributed by atoms with Gasteiger partial charge in [-0.2, -0.15) is 4.98 Å². The highest BCUT2D eigenvalue weighted by Crippen LogP contribution is 2.26. The first kappa shape index (κ1) is 16.6. The maximum absolute atomic E-state index is 4.58. The van der Waals surface area contributed by atoms with E-state index in [9.17, 15) is 0 Å². The van der Waals surface area contributed by atoms with Gasteiger partial charge in [0.25, 0.3) is 0 Å². The number of benzene rings is 2. The average molecular weight is 384 g/mol. The molecule has 0 radical (unpaired) electrons. The molecular weight excluding hydrogens is 368 g/mol. The summed E-state index contributed by atoms with van der Waals surface area (Å²) in [6, 6.07) is 22.2. The van der Waals surface area contributed by atoms with Gasteiger partial charge in [-0.05, 0) is 19.1 Å². The molecule has 6 nitrogen and oxygen atoms in total. The van der Waals surface area contributed by atoms with Crippen molar-refractivity contribution in [1.82, 2.24) is 24.8 Å². The van der Waals surface area contributed by atoms with Crippen LogP contribution in [0, 0.1) is 6.92 Å². The van der Waals surface area contributed by atoms with Gasteiger partial charge in [0.1, 0.15) is 0 Å². The number of hydrogen-bond donors (Lipinski definition) is 1. The van der Waals surface area contributed by atoms with Gasteiger partial charge in [-0.15, -0.1) is 26.6 Å². The molecule has 0 aliphatic heterocycles. The molecule has 0 spiro atoms. The fraction of sp³-hybridized carbons (Fsp3) is 0.0476.